The fourth-order valence-electron chi connectivity index (χ4n) is 2.12. The molecule has 6 heteroatoms. The summed E-state index contributed by atoms with van der Waals surface area (Å²) in [5.41, 5.74) is 2.16. The molecule has 108 valence electrons. The van der Waals surface area contributed by atoms with E-state index < -0.39 is 12.0 Å². The number of nitrogens with one attached hydrogen (secondary N) is 1. The van der Waals surface area contributed by atoms with Gasteiger partial charge in [0.25, 0.3) is 0 Å². The number of carboxylic acid groups (broad SMARTS) is 1. The van der Waals surface area contributed by atoms with Gasteiger partial charge in [0.05, 0.1) is 5.37 Å². The van der Waals surface area contributed by atoms with Crippen molar-refractivity contribution >= 4 is 23.8 Å². The summed E-state index contributed by atoms with van der Waals surface area (Å²) in [5.74, 6) is -0.513. The maximum absolute atomic E-state index is 12.1. The van der Waals surface area contributed by atoms with Crippen molar-refractivity contribution < 1.29 is 14.7 Å². The molecule has 1 aromatic carbocycles. The standard InChI is InChI=1S/C14H18N2O3S/c1-9-3-5-11(6-4-9)7-15-14(19)16-10(2)20-8-12(16)13(17)18/h3-6,10,12H,7-8H2,1-2H3,(H,15,19)(H,17,18). The lowest BCUT2D eigenvalue weighted by Crippen LogP contribution is -2.49. The Labute approximate surface area is 122 Å². The molecule has 0 bridgehead atoms. The summed E-state index contributed by atoms with van der Waals surface area (Å²) in [6.07, 6.45) is 0. The molecule has 2 atom stereocenters. The van der Waals surface area contributed by atoms with Crippen molar-refractivity contribution in [3.63, 3.8) is 0 Å². The molecule has 1 saturated heterocycles. The van der Waals surface area contributed by atoms with Crippen LogP contribution in [0.4, 0.5) is 4.79 Å². The first-order valence-electron chi connectivity index (χ1n) is 6.45. The van der Waals surface area contributed by atoms with Crippen LogP contribution in [0.5, 0.6) is 0 Å². The molecule has 2 amide bonds. The molecular weight excluding hydrogens is 276 g/mol. The van der Waals surface area contributed by atoms with Gasteiger partial charge in [0.2, 0.25) is 0 Å². The van der Waals surface area contributed by atoms with Gasteiger partial charge in [0.15, 0.2) is 0 Å². The second-order valence-electron chi connectivity index (χ2n) is 4.84. The Bertz CT molecular complexity index is 504. The molecule has 1 fully saturated rings. The highest BCUT2D eigenvalue weighted by Crippen LogP contribution is 2.28. The molecule has 1 aliphatic heterocycles. The number of rotatable bonds is 3. The van der Waals surface area contributed by atoms with Crippen molar-refractivity contribution in [3.05, 3.63) is 35.4 Å². The van der Waals surface area contributed by atoms with Gasteiger partial charge in [0.1, 0.15) is 6.04 Å². The molecular formula is C14H18N2O3S. The number of aryl methyl sites for hydroxylation is 1. The quantitative estimate of drug-likeness (QED) is 0.895. The Hall–Kier alpha value is -1.69. The third kappa shape index (κ3) is 3.25. The number of urea groups is 1. The summed E-state index contributed by atoms with van der Waals surface area (Å²) in [5, 5.41) is 11.8. The monoisotopic (exact) mass is 294 g/mol. The number of carbonyl (C=O) groups excluding carboxylic acids is 1. The van der Waals surface area contributed by atoms with E-state index in [9.17, 15) is 9.59 Å². The molecule has 2 rings (SSSR count). The number of hydrogen-bond acceptors (Lipinski definition) is 3. The number of aliphatic carboxylic acids is 1. The molecule has 2 unspecified atom stereocenters. The smallest absolute Gasteiger partial charge is 0.327 e. The Morgan fingerprint density at radius 3 is 2.65 bits per heavy atom. The Balaban J connectivity index is 1.97. The molecule has 1 aromatic rings. The summed E-state index contributed by atoms with van der Waals surface area (Å²) >= 11 is 1.48. The van der Waals surface area contributed by atoms with Crippen LogP contribution in [-0.2, 0) is 11.3 Å². The van der Waals surface area contributed by atoms with Crippen LogP contribution in [0.25, 0.3) is 0 Å². The zero-order chi connectivity index (χ0) is 14.7. The average molecular weight is 294 g/mol. The van der Waals surface area contributed by atoms with E-state index in [1.165, 1.54) is 16.7 Å². The molecule has 1 heterocycles. The van der Waals surface area contributed by atoms with Gasteiger partial charge < -0.3 is 10.4 Å². The van der Waals surface area contributed by atoms with Gasteiger partial charge in [-0.25, -0.2) is 9.59 Å². The zero-order valence-electron chi connectivity index (χ0n) is 11.5. The fraction of sp³-hybridized carbons (Fsp3) is 0.429. The summed E-state index contributed by atoms with van der Waals surface area (Å²) in [6.45, 7) is 4.25. The second kappa shape index (κ2) is 6.17. The van der Waals surface area contributed by atoms with Crippen LogP contribution in [0.1, 0.15) is 18.1 Å². The van der Waals surface area contributed by atoms with E-state index in [1.54, 1.807) is 0 Å². The first kappa shape index (κ1) is 14.7. The van der Waals surface area contributed by atoms with Gasteiger partial charge in [-0.1, -0.05) is 29.8 Å². The second-order valence-corrected chi connectivity index (χ2v) is 6.19. The van der Waals surface area contributed by atoms with Gasteiger partial charge in [-0.2, -0.15) is 0 Å². The summed E-state index contributed by atoms with van der Waals surface area (Å²) in [7, 11) is 0. The Morgan fingerprint density at radius 1 is 1.40 bits per heavy atom. The predicted molar refractivity (Wildman–Crippen MR) is 78.6 cm³/mol. The van der Waals surface area contributed by atoms with Gasteiger partial charge in [-0.15, -0.1) is 11.8 Å². The topological polar surface area (TPSA) is 69.6 Å². The van der Waals surface area contributed by atoms with Gasteiger partial charge in [-0.05, 0) is 19.4 Å². The summed E-state index contributed by atoms with van der Waals surface area (Å²) in [4.78, 5) is 24.7. The van der Waals surface area contributed by atoms with E-state index in [0.717, 1.165) is 11.1 Å². The number of hydrogen-bond donors (Lipinski definition) is 2. The zero-order valence-corrected chi connectivity index (χ0v) is 12.3. The van der Waals surface area contributed by atoms with Crippen LogP contribution in [0, 0.1) is 6.92 Å². The molecule has 0 saturated carbocycles. The Kier molecular flexibility index (Phi) is 4.54. The lowest BCUT2D eigenvalue weighted by atomic mass is 10.1. The number of thioether (sulfide) groups is 1. The van der Waals surface area contributed by atoms with Crippen molar-refractivity contribution in [1.82, 2.24) is 10.2 Å². The minimum Gasteiger partial charge on any atom is -0.480 e. The van der Waals surface area contributed by atoms with Crippen LogP contribution in [0.2, 0.25) is 0 Å². The van der Waals surface area contributed by atoms with Crippen LogP contribution < -0.4 is 5.32 Å². The normalized spacial score (nSPS) is 21.8. The number of carboxylic acids is 1. The SMILES string of the molecule is Cc1ccc(CNC(=O)N2C(C)SCC2C(=O)O)cc1. The van der Waals surface area contributed by atoms with Crippen LogP contribution in [0.3, 0.4) is 0 Å². The molecule has 1 aliphatic rings. The molecule has 0 spiro atoms. The van der Waals surface area contributed by atoms with Crippen molar-refractivity contribution in [2.75, 3.05) is 5.75 Å². The highest BCUT2D eigenvalue weighted by Gasteiger charge is 2.39. The van der Waals surface area contributed by atoms with Crippen molar-refractivity contribution in [2.24, 2.45) is 0 Å². The lowest BCUT2D eigenvalue weighted by Gasteiger charge is -2.25. The molecule has 0 aliphatic carbocycles. The summed E-state index contributed by atoms with van der Waals surface area (Å²) in [6, 6.07) is 6.80. The number of benzene rings is 1. The van der Waals surface area contributed by atoms with E-state index in [1.807, 2.05) is 38.1 Å². The minimum absolute atomic E-state index is 0.117. The van der Waals surface area contributed by atoms with Gasteiger partial charge >= 0.3 is 12.0 Å². The first-order valence-corrected chi connectivity index (χ1v) is 7.50. The van der Waals surface area contributed by atoms with E-state index >= 15 is 0 Å². The molecule has 0 aromatic heterocycles. The average Bonchev–Trinajstić information content (AvgIpc) is 2.80. The number of nitrogens with zero attached hydrogens (tertiary/aromatic N) is 1. The molecule has 5 nitrogen and oxygen atoms in total. The van der Waals surface area contributed by atoms with Crippen LogP contribution >= 0.6 is 11.8 Å². The Morgan fingerprint density at radius 2 is 2.05 bits per heavy atom. The highest BCUT2D eigenvalue weighted by molar-refractivity contribution is 8.00. The van der Waals surface area contributed by atoms with E-state index in [-0.39, 0.29) is 11.4 Å². The number of carbonyl (C=O) groups is 2. The van der Waals surface area contributed by atoms with E-state index in [4.69, 9.17) is 5.11 Å². The van der Waals surface area contributed by atoms with Gasteiger partial charge in [0, 0.05) is 12.3 Å². The maximum atomic E-state index is 12.1. The summed E-state index contributed by atoms with van der Waals surface area (Å²) < 4.78 is 0. The van der Waals surface area contributed by atoms with Crippen LogP contribution in [-0.4, -0.2) is 39.2 Å². The van der Waals surface area contributed by atoms with E-state index in [0.29, 0.717) is 12.3 Å². The highest BCUT2D eigenvalue weighted by atomic mass is 32.2. The maximum Gasteiger partial charge on any atom is 0.327 e. The third-order valence-electron chi connectivity index (χ3n) is 3.31. The van der Waals surface area contributed by atoms with Crippen LogP contribution in [0.15, 0.2) is 24.3 Å². The molecule has 0 radical (unpaired) electrons. The molecule has 2 N–H and O–H groups in total. The molecule has 20 heavy (non-hydrogen) atoms. The number of amides is 2. The largest absolute Gasteiger partial charge is 0.480 e. The van der Waals surface area contributed by atoms with E-state index in [2.05, 4.69) is 5.32 Å². The van der Waals surface area contributed by atoms with Crippen molar-refractivity contribution in [1.29, 1.82) is 0 Å². The predicted octanol–water partition coefficient (Wildman–Crippen LogP) is 2.05. The lowest BCUT2D eigenvalue weighted by molar-refractivity contribution is -0.141. The minimum atomic E-state index is -0.952. The first-order chi connectivity index (χ1) is 9.49. The fourth-order valence-corrected chi connectivity index (χ4v) is 3.28. The van der Waals surface area contributed by atoms with Gasteiger partial charge in [-0.3, -0.25) is 4.90 Å². The van der Waals surface area contributed by atoms with Crippen molar-refractivity contribution in [3.8, 4) is 0 Å². The third-order valence-corrected chi connectivity index (χ3v) is 4.52. The van der Waals surface area contributed by atoms with Crippen molar-refractivity contribution in [2.45, 2.75) is 31.8 Å².